The smallest absolute Gasteiger partial charge is 0.289 e. The molecule has 0 saturated carbocycles. The maximum Gasteiger partial charge on any atom is 0.289 e. The SMILES string of the molecule is NS(=O)(=O)c1cc(Oc2c(F)cc(Cl)cc2Cl)ccc1[N+](=O)[O-]. The quantitative estimate of drug-likeness (QED) is 0.644. The van der Waals surface area contributed by atoms with E-state index < -0.39 is 37.1 Å². The first-order valence-electron chi connectivity index (χ1n) is 5.73. The Labute approximate surface area is 139 Å². The molecular formula is C12H7Cl2FN2O5S. The monoisotopic (exact) mass is 380 g/mol. The van der Waals surface area contributed by atoms with Crippen LogP contribution in [-0.2, 0) is 10.0 Å². The Morgan fingerprint density at radius 3 is 2.39 bits per heavy atom. The molecule has 2 aromatic rings. The molecule has 2 aromatic carbocycles. The number of nitrogens with zero attached hydrogens (tertiary/aromatic N) is 1. The summed E-state index contributed by atoms with van der Waals surface area (Å²) in [4.78, 5) is 9.14. The first kappa shape index (κ1) is 17.4. The summed E-state index contributed by atoms with van der Waals surface area (Å²) >= 11 is 11.4. The Morgan fingerprint density at radius 2 is 1.87 bits per heavy atom. The van der Waals surface area contributed by atoms with E-state index in [1.807, 2.05) is 0 Å². The largest absolute Gasteiger partial charge is 0.453 e. The third-order valence-corrected chi connectivity index (χ3v) is 4.06. The Morgan fingerprint density at radius 1 is 1.22 bits per heavy atom. The summed E-state index contributed by atoms with van der Waals surface area (Å²) < 4.78 is 41.8. The van der Waals surface area contributed by atoms with Crippen molar-refractivity contribution in [2.45, 2.75) is 4.90 Å². The number of primary sulfonamides is 1. The first-order chi connectivity index (χ1) is 10.6. The van der Waals surface area contributed by atoms with E-state index in [0.717, 1.165) is 24.3 Å². The van der Waals surface area contributed by atoms with E-state index in [1.54, 1.807) is 0 Å². The molecule has 0 atom stereocenters. The van der Waals surface area contributed by atoms with Gasteiger partial charge in [0, 0.05) is 17.2 Å². The second-order valence-electron chi connectivity index (χ2n) is 4.23. The van der Waals surface area contributed by atoms with Crippen molar-refractivity contribution in [3.8, 4) is 11.5 Å². The molecule has 0 aliphatic rings. The summed E-state index contributed by atoms with van der Waals surface area (Å²) in [5.74, 6) is -1.51. The Kier molecular flexibility index (Phi) is 4.76. The van der Waals surface area contributed by atoms with Gasteiger partial charge in [-0.1, -0.05) is 23.2 Å². The van der Waals surface area contributed by atoms with E-state index >= 15 is 0 Å². The Balaban J connectivity index is 2.53. The van der Waals surface area contributed by atoms with Gasteiger partial charge in [0.25, 0.3) is 5.69 Å². The van der Waals surface area contributed by atoms with Crippen molar-refractivity contribution in [2.75, 3.05) is 0 Å². The molecule has 0 aromatic heterocycles. The molecule has 0 bridgehead atoms. The number of halogens is 3. The van der Waals surface area contributed by atoms with Crippen LogP contribution in [0.5, 0.6) is 11.5 Å². The average molecular weight is 381 g/mol. The molecule has 0 unspecified atom stereocenters. The molecule has 0 heterocycles. The van der Waals surface area contributed by atoms with Crippen LogP contribution >= 0.6 is 23.2 Å². The molecule has 0 aliphatic heterocycles. The molecule has 11 heteroatoms. The fraction of sp³-hybridized carbons (Fsp3) is 0. The van der Waals surface area contributed by atoms with Crippen molar-refractivity contribution in [2.24, 2.45) is 5.14 Å². The Bertz CT molecular complexity index is 881. The van der Waals surface area contributed by atoms with Gasteiger partial charge in [-0.15, -0.1) is 0 Å². The van der Waals surface area contributed by atoms with E-state index in [1.165, 1.54) is 6.07 Å². The van der Waals surface area contributed by atoms with E-state index in [2.05, 4.69) is 0 Å². The lowest BCUT2D eigenvalue weighted by atomic mass is 10.3. The molecule has 0 spiro atoms. The zero-order valence-electron chi connectivity index (χ0n) is 11.0. The standard InChI is InChI=1S/C12H7Cl2FN2O5S/c13-6-3-8(14)12(9(15)4-6)22-7-1-2-10(17(18)19)11(5-7)23(16,20)21/h1-5H,(H2,16,20,21). The summed E-state index contributed by atoms with van der Waals surface area (Å²) in [5.41, 5.74) is -0.734. The Hall–Kier alpha value is -1.94. The molecule has 7 nitrogen and oxygen atoms in total. The number of nitrogens with two attached hydrogens (primary N) is 1. The molecule has 0 fully saturated rings. The second kappa shape index (κ2) is 6.28. The van der Waals surface area contributed by atoms with Crippen molar-refractivity contribution in [1.29, 1.82) is 0 Å². The minimum Gasteiger partial charge on any atom is -0.453 e. The maximum absolute atomic E-state index is 13.8. The summed E-state index contributed by atoms with van der Waals surface area (Å²) in [6.07, 6.45) is 0. The lowest BCUT2D eigenvalue weighted by Gasteiger charge is -2.10. The number of sulfonamides is 1. The zero-order chi connectivity index (χ0) is 17.4. The van der Waals surface area contributed by atoms with Gasteiger partial charge in [-0.25, -0.2) is 17.9 Å². The van der Waals surface area contributed by atoms with Gasteiger partial charge in [0.15, 0.2) is 16.5 Å². The number of benzene rings is 2. The molecule has 122 valence electrons. The molecule has 0 amide bonds. The van der Waals surface area contributed by atoms with Gasteiger partial charge in [0.2, 0.25) is 10.0 Å². The molecule has 0 saturated heterocycles. The fourth-order valence-electron chi connectivity index (χ4n) is 1.68. The van der Waals surface area contributed by atoms with Gasteiger partial charge in [-0.2, -0.15) is 0 Å². The van der Waals surface area contributed by atoms with E-state index in [9.17, 15) is 22.9 Å². The highest BCUT2D eigenvalue weighted by atomic mass is 35.5. The van der Waals surface area contributed by atoms with Gasteiger partial charge in [0.05, 0.1) is 9.95 Å². The third-order valence-electron chi connectivity index (χ3n) is 2.62. The number of nitro groups is 1. The van der Waals surface area contributed by atoms with Crippen LogP contribution in [0.25, 0.3) is 0 Å². The summed E-state index contributed by atoms with van der Waals surface area (Å²) in [6, 6.07) is 4.91. The number of rotatable bonds is 4. The summed E-state index contributed by atoms with van der Waals surface area (Å²) in [7, 11) is -4.39. The minimum atomic E-state index is -4.39. The highest BCUT2D eigenvalue weighted by Gasteiger charge is 2.24. The lowest BCUT2D eigenvalue weighted by Crippen LogP contribution is -2.14. The van der Waals surface area contributed by atoms with Crippen LogP contribution in [0.2, 0.25) is 10.0 Å². The summed E-state index contributed by atoms with van der Waals surface area (Å²) in [5, 5.41) is 15.6. The van der Waals surface area contributed by atoms with Crippen LogP contribution < -0.4 is 9.88 Å². The van der Waals surface area contributed by atoms with Crippen LogP contribution in [0.1, 0.15) is 0 Å². The predicted molar refractivity (Wildman–Crippen MR) is 81.0 cm³/mol. The highest BCUT2D eigenvalue weighted by Crippen LogP contribution is 2.36. The molecule has 2 rings (SSSR count). The fourth-order valence-corrected chi connectivity index (χ4v) is 2.90. The van der Waals surface area contributed by atoms with Crippen LogP contribution in [0.15, 0.2) is 35.2 Å². The maximum atomic E-state index is 13.8. The van der Waals surface area contributed by atoms with Gasteiger partial charge < -0.3 is 4.74 Å². The molecule has 0 radical (unpaired) electrons. The predicted octanol–water partition coefficient (Wildman–Crippen LogP) is 3.48. The van der Waals surface area contributed by atoms with E-state index in [-0.39, 0.29) is 15.8 Å². The van der Waals surface area contributed by atoms with Gasteiger partial charge in [-0.3, -0.25) is 10.1 Å². The number of hydrogen-bond donors (Lipinski definition) is 1. The third kappa shape index (κ3) is 3.88. The summed E-state index contributed by atoms with van der Waals surface area (Å²) in [6.45, 7) is 0. The van der Waals surface area contributed by atoms with Crippen LogP contribution in [0.4, 0.5) is 10.1 Å². The van der Waals surface area contributed by atoms with E-state index in [0.29, 0.717) is 0 Å². The molecule has 0 aliphatic carbocycles. The number of hydrogen-bond acceptors (Lipinski definition) is 5. The van der Waals surface area contributed by atoms with Crippen LogP contribution in [-0.4, -0.2) is 13.3 Å². The van der Waals surface area contributed by atoms with Gasteiger partial charge in [0.1, 0.15) is 5.75 Å². The van der Waals surface area contributed by atoms with Crippen molar-refractivity contribution in [1.82, 2.24) is 0 Å². The van der Waals surface area contributed by atoms with E-state index in [4.69, 9.17) is 33.1 Å². The molecule has 23 heavy (non-hydrogen) atoms. The minimum absolute atomic E-state index is 0.0359. The topological polar surface area (TPSA) is 113 Å². The van der Waals surface area contributed by atoms with Gasteiger partial charge >= 0.3 is 0 Å². The number of ether oxygens (including phenoxy) is 1. The second-order valence-corrected chi connectivity index (χ2v) is 6.61. The first-order valence-corrected chi connectivity index (χ1v) is 8.03. The highest BCUT2D eigenvalue weighted by molar-refractivity contribution is 7.89. The molecular weight excluding hydrogens is 374 g/mol. The van der Waals surface area contributed by atoms with Crippen molar-refractivity contribution >= 4 is 38.9 Å². The molecule has 2 N–H and O–H groups in total. The van der Waals surface area contributed by atoms with Crippen molar-refractivity contribution < 1.29 is 22.5 Å². The normalized spacial score (nSPS) is 11.3. The number of nitro benzene ring substituents is 1. The van der Waals surface area contributed by atoms with Crippen LogP contribution in [0.3, 0.4) is 0 Å². The van der Waals surface area contributed by atoms with Crippen LogP contribution in [0, 0.1) is 15.9 Å². The lowest BCUT2D eigenvalue weighted by molar-refractivity contribution is -0.387. The zero-order valence-corrected chi connectivity index (χ0v) is 13.3. The van der Waals surface area contributed by atoms with Crippen molar-refractivity contribution in [3.05, 3.63) is 56.3 Å². The van der Waals surface area contributed by atoms with Crippen molar-refractivity contribution in [3.63, 3.8) is 0 Å². The van der Waals surface area contributed by atoms with Gasteiger partial charge in [-0.05, 0) is 18.2 Å². The average Bonchev–Trinajstić information content (AvgIpc) is 2.41.